The zero-order valence-electron chi connectivity index (χ0n) is 13.7. The lowest BCUT2D eigenvalue weighted by molar-refractivity contribution is 0.103. The Morgan fingerprint density at radius 2 is 1.78 bits per heavy atom. The van der Waals surface area contributed by atoms with Crippen LogP contribution in [0.4, 0.5) is 5.69 Å². The molecule has 1 amide bonds. The van der Waals surface area contributed by atoms with E-state index in [2.05, 4.69) is 34.3 Å². The van der Waals surface area contributed by atoms with Crippen LogP contribution in [0, 0.1) is 6.92 Å². The summed E-state index contributed by atoms with van der Waals surface area (Å²) in [7, 11) is 2.17. The number of carbonyl (C=O) groups excluding carboxylic acids is 1. The fourth-order valence-electron chi connectivity index (χ4n) is 2.71. The number of piperazine rings is 1. The molecule has 1 aromatic heterocycles. The maximum absolute atomic E-state index is 12.1. The maximum atomic E-state index is 12.1. The van der Waals surface area contributed by atoms with E-state index >= 15 is 0 Å². The number of thiophene rings is 1. The van der Waals surface area contributed by atoms with Gasteiger partial charge in [0.25, 0.3) is 5.91 Å². The Kier molecular flexibility index (Phi) is 5.10. The second kappa shape index (κ2) is 7.25. The molecule has 122 valence electrons. The number of carbonyl (C=O) groups is 1. The predicted octanol–water partition coefficient (Wildman–Crippen LogP) is 3.06. The van der Waals surface area contributed by atoms with Crippen molar-refractivity contribution in [3.63, 3.8) is 0 Å². The van der Waals surface area contributed by atoms with E-state index in [4.69, 9.17) is 0 Å². The highest BCUT2D eigenvalue weighted by molar-refractivity contribution is 7.14. The number of anilines is 1. The van der Waals surface area contributed by atoms with Crippen molar-refractivity contribution in [2.45, 2.75) is 13.5 Å². The molecule has 3 rings (SSSR count). The van der Waals surface area contributed by atoms with Gasteiger partial charge in [-0.15, -0.1) is 11.3 Å². The molecule has 2 heterocycles. The smallest absolute Gasteiger partial charge is 0.265 e. The largest absolute Gasteiger partial charge is 0.321 e. The van der Waals surface area contributed by atoms with E-state index < -0.39 is 0 Å². The van der Waals surface area contributed by atoms with Gasteiger partial charge in [0.05, 0.1) is 4.88 Å². The fourth-order valence-corrected chi connectivity index (χ4v) is 3.47. The highest BCUT2D eigenvalue weighted by atomic mass is 32.1. The van der Waals surface area contributed by atoms with Gasteiger partial charge in [0.15, 0.2) is 0 Å². The normalized spacial score (nSPS) is 16.4. The summed E-state index contributed by atoms with van der Waals surface area (Å²) in [5.74, 6) is -0.0325. The van der Waals surface area contributed by atoms with Gasteiger partial charge in [-0.3, -0.25) is 9.69 Å². The Morgan fingerprint density at radius 3 is 2.39 bits per heavy atom. The van der Waals surface area contributed by atoms with E-state index in [1.165, 1.54) is 16.9 Å². The van der Waals surface area contributed by atoms with Crippen LogP contribution in [0.5, 0.6) is 0 Å². The lowest BCUT2D eigenvalue weighted by Gasteiger charge is -2.32. The molecule has 1 aliphatic heterocycles. The Bertz CT molecular complexity index is 657. The van der Waals surface area contributed by atoms with Gasteiger partial charge in [0.1, 0.15) is 0 Å². The summed E-state index contributed by atoms with van der Waals surface area (Å²) in [5, 5.41) is 2.96. The maximum Gasteiger partial charge on any atom is 0.265 e. The van der Waals surface area contributed by atoms with E-state index in [9.17, 15) is 4.79 Å². The van der Waals surface area contributed by atoms with Gasteiger partial charge in [0.2, 0.25) is 0 Å². The molecular weight excluding hydrogens is 306 g/mol. The van der Waals surface area contributed by atoms with E-state index in [0.717, 1.165) is 48.2 Å². The zero-order chi connectivity index (χ0) is 16.2. The van der Waals surface area contributed by atoms with Gasteiger partial charge >= 0.3 is 0 Å². The Labute approximate surface area is 141 Å². The van der Waals surface area contributed by atoms with E-state index in [-0.39, 0.29) is 5.91 Å². The van der Waals surface area contributed by atoms with Crippen molar-refractivity contribution in [1.29, 1.82) is 0 Å². The first kappa shape index (κ1) is 16.2. The molecule has 0 radical (unpaired) electrons. The molecule has 1 aromatic carbocycles. The molecule has 2 aromatic rings. The third-order valence-electron chi connectivity index (χ3n) is 4.18. The van der Waals surface area contributed by atoms with Crippen LogP contribution in [-0.2, 0) is 6.54 Å². The number of nitrogens with zero attached hydrogens (tertiary/aromatic N) is 2. The zero-order valence-corrected chi connectivity index (χ0v) is 14.5. The van der Waals surface area contributed by atoms with E-state index in [0.29, 0.717) is 0 Å². The molecule has 0 unspecified atom stereocenters. The van der Waals surface area contributed by atoms with Crippen LogP contribution in [0.2, 0.25) is 0 Å². The van der Waals surface area contributed by atoms with Crippen LogP contribution in [0.3, 0.4) is 0 Å². The highest BCUT2D eigenvalue weighted by Crippen LogP contribution is 2.18. The van der Waals surface area contributed by atoms with Gasteiger partial charge in [-0.2, -0.15) is 0 Å². The first-order valence-electron chi connectivity index (χ1n) is 7.98. The number of benzene rings is 1. The van der Waals surface area contributed by atoms with Gasteiger partial charge < -0.3 is 10.2 Å². The second-order valence-corrected chi connectivity index (χ2v) is 7.43. The Hall–Kier alpha value is -1.69. The molecule has 1 saturated heterocycles. The molecule has 23 heavy (non-hydrogen) atoms. The third kappa shape index (κ3) is 4.41. The van der Waals surface area contributed by atoms with Crippen molar-refractivity contribution >= 4 is 22.9 Å². The van der Waals surface area contributed by atoms with Crippen LogP contribution in [-0.4, -0.2) is 48.9 Å². The van der Waals surface area contributed by atoms with Crippen LogP contribution in [0.25, 0.3) is 0 Å². The summed E-state index contributed by atoms with van der Waals surface area (Å²) < 4.78 is 0. The minimum Gasteiger partial charge on any atom is -0.321 e. The molecule has 0 bridgehead atoms. The van der Waals surface area contributed by atoms with Gasteiger partial charge in [0, 0.05) is 43.3 Å². The molecule has 1 fully saturated rings. The number of amides is 1. The molecular formula is C18H23N3OS. The second-order valence-electron chi connectivity index (χ2n) is 6.14. The van der Waals surface area contributed by atoms with E-state index in [1.54, 1.807) is 0 Å². The molecule has 4 nitrogen and oxygen atoms in total. The summed E-state index contributed by atoms with van der Waals surface area (Å²) in [6, 6.07) is 12.0. The lowest BCUT2D eigenvalue weighted by Crippen LogP contribution is -2.43. The van der Waals surface area contributed by atoms with Gasteiger partial charge in [-0.1, -0.05) is 12.1 Å². The summed E-state index contributed by atoms with van der Waals surface area (Å²) >= 11 is 1.52. The number of rotatable bonds is 4. The van der Waals surface area contributed by atoms with Crippen LogP contribution in [0.15, 0.2) is 36.4 Å². The summed E-state index contributed by atoms with van der Waals surface area (Å²) in [4.78, 5) is 18.9. The van der Waals surface area contributed by atoms with Crippen molar-refractivity contribution in [2.24, 2.45) is 0 Å². The fraction of sp³-hybridized carbons (Fsp3) is 0.389. The molecule has 0 spiro atoms. The van der Waals surface area contributed by atoms with E-state index in [1.807, 2.05) is 31.2 Å². The van der Waals surface area contributed by atoms with Crippen LogP contribution in [0.1, 0.15) is 20.1 Å². The topological polar surface area (TPSA) is 35.6 Å². The number of aryl methyl sites for hydroxylation is 1. The van der Waals surface area contributed by atoms with Crippen molar-refractivity contribution in [2.75, 3.05) is 38.5 Å². The van der Waals surface area contributed by atoms with Gasteiger partial charge in [-0.25, -0.2) is 0 Å². The number of likely N-dealkylation sites (N-methyl/N-ethyl adjacent to an activating group) is 1. The summed E-state index contributed by atoms with van der Waals surface area (Å²) in [6.45, 7) is 7.49. The minimum atomic E-state index is -0.0325. The van der Waals surface area contributed by atoms with Crippen molar-refractivity contribution in [3.05, 3.63) is 51.7 Å². The van der Waals surface area contributed by atoms with Crippen molar-refractivity contribution in [3.8, 4) is 0 Å². The van der Waals surface area contributed by atoms with Crippen LogP contribution < -0.4 is 5.32 Å². The standard InChI is InChI=1S/C18H23N3OS/c1-14-3-8-17(23-14)18(22)19-16-6-4-15(5-7-16)13-21-11-9-20(2)10-12-21/h3-8H,9-13H2,1-2H3,(H,19,22). The number of nitrogens with one attached hydrogen (secondary N) is 1. The van der Waals surface area contributed by atoms with Crippen molar-refractivity contribution < 1.29 is 4.79 Å². The molecule has 0 saturated carbocycles. The number of hydrogen-bond donors (Lipinski definition) is 1. The first-order valence-corrected chi connectivity index (χ1v) is 8.79. The summed E-state index contributed by atoms with van der Waals surface area (Å²) in [6.07, 6.45) is 0. The summed E-state index contributed by atoms with van der Waals surface area (Å²) in [5.41, 5.74) is 2.14. The SMILES string of the molecule is Cc1ccc(C(=O)Nc2ccc(CN3CCN(C)CC3)cc2)s1. The molecule has 5 heteroatoms. The highest BCUT2D eigenvalue weighted by Gasteiger charge is 2.14. The predicted molar refractivity (Wildman–Crippen MR) is 96.2 cm³/mol. The molecule has 1 aliphatic rings. The van der Waals surface area contributed by atoms with Crippen molar-refractivity contribution in [1.82, 2.24) is 9.80 Å². The monoisotopic (exact) mass is 329 g/mol. The number of hydrogen-bond acceptors (Lipinski definition) is 4. The Morgan fingerprint density at radius 1 is 1.09 bits per heavy atom. The Balaban J connectivity index is 1.55. The van der Waals surface area contributed by atoms with Gasteiger partial charge in [-0.05, 0) is 43.8 Å². The molecule has 0 atom stereocenters. The average molecular weight is 329 g/mol. The molecule has 0 aliphatic carbocycles. The lowest BCUT2D eigenvalue weighted by atomic mass is 10.2. The minimum absolute atomic E-state index is 0.0325. The van der Waals surface area contributed by atoms with Crippen LogP contribution >= 0.6 is 11.3 Å². The average Bonchev–Trinajstić information content (AvgIpc) is 2.98. The quantitative estimate of drug-likeness (QED) is 0.936. The molecule has 1 N–H and O–H groups in total. The third-order valence-corrected chi connectivity index (χ3v) is 5.18. The first-order chi connectivity index (χ1) is 11.1.